The number of nitrogens with zero attached hydrogens (tertiary/aromatic N) is 1. The van der Waals surface area contributed by atoms with E-state index in [1.54, 1.807) is 24.3 Å². The maximum absolute atomic E-state index is 11.8. The smallest absolute Gasteiger partial charge is 0.338 e. The Morgan fingerprint density at radius 1 is 1.04 bits per heavy atom. The summed E-state index contributed by atoms with van der Waals surface area (Å²) < 4.78 is 15.8. The van der Waals surface area contributed by atoms with Gasteiger partial charge in [-0.3, -0.25) is 10.1 Å². The summed E-state index contributed by atoms with van der Waals surface area (Å²) >= 11 is 0. The lowest BCUT2D eigenvalue weighted by Crippen LogP contribution is -2.12. The molecule has 2 aromatic carbocycles. The zero-order valence-corrected chi connectivity index (χ0v) is 13.1. The molecule has 0 saturated heterocycles. The molecule has 0 aliphatic rings. The Balaban J connectivity index is 1.78. The third-order valence-electron chi connectivity index (χ3n) is 3.01. The van der Waals surface area contributed by atoms with Crippen LogP contribution in [0.15, 0.2) is 48.5 Å². The van der Waals surface area contributed by atoms with Gasteiger partial charge in [0.15, 0.2) is 0 Å². The van der Waals surface area contributed by atoms with Crippen molar-refractivity contribution in [2.75, 3.05) is 19.8 Å². The summed E-state index contributed by atoms with van der Waals surface area (Å²) in [5.74, 6) is 0.751. The van der Waals surface area contributed by atoms with Gasteiger partial charge < -0.3 is 14.2 Å². The van der Waals surface area contributed by atoms with Gasteiger partial charge in [-0.25, -0.2) is 4.79 Å². The summed E-state index contributed by atoms with van der Waals surface area (Å²) in [5.41, 5.74) is -0.0274. The Hall–Kier alpha value is -3.09. The quantitative estimate of drug-likeness (QED) is 0.319. The lowest BCUT2D eigenvalue weighted by molar-refractivity contribution is -0.384. The zero-order chi connectivity index (χ0) is 17.4. The topological polar surface area (TPSA) is 87.9 Å². The molecule has 7 nitrogen and oxygen atoms in total. The fraction of sp³-hybridized carbons (Fsp3) is 0.235. The average Bonchev–Trinajstić information content (AvgIpc) is 2.60. The van der Waals surface area contributed by atoms with Crippen LogP contribution in [0.25, 0.3) is 0 Å². The first-order valence-corrected chi connectivity index (χ1v) is 7.37. The highest BCUT2D eigenvalue weighted by Crippen LogP contribution is 2.17. The first kappa shape index (κ1) is 17.3. The Morgan fingerprint density at radius 3 is 2.33 bits per heavy atom. The summed E-state index contributed by atoms with van der Waals surface area (Å²) in [6.07, 6.45) is 0. The summed E-state index contributed by atoms with van der Waals surface area (Å²) in [7, 11) is 0. The molecule has 0 atom stereocenters. The number of nitro benzene ring substituents is 1. The van der Waals surface area contributed by atoms with Crippen molar-refractivity contribution in [3.05, 3.63) is 64.2 Å². The van der Waals surface area contributed by atoms with E-state index in [9.17, 15) is 14.9 Å². The molecule has 0 fully saturated rings. The van der Waals surface area contributed by atoms with Crippen molar-refractivity contribution in [3.63, 3.8) is 0 Å². The van der Waals surface area contributed by atoms with E-state index in [0.717, 1.165) is 5.75 Å². The van der Waals surface area contributed by atoms with Crippen LogP contribution >= 0.6 is 0 Å². The molecule has 0 saturated carbocycles. The van der Waals surface area contributed by atoms with E-state index < -0.39 is 10.9 Å². The van der Waals surface area contributed by atoms with Gasteiger partial charge in [0.2, 0.25) is 0 Å². The number of hydrogen-bond acceptors (Lipinski definition) is 6. The van der Waals surface area contributed by atoms with Crippen molar-refractivity contribution in [2.24, 2.45) is 0 Å². The Labute approximate surface area is 138 Å². The molecule has 0 radical (unpaired) electrons. The molecular weight excluding hydrogens is 314 g/mol. The predicted molar refractivity (Wildman–Crippen MR) is 86.5 cm³/mol. The molecule has 0 bridgehead atoms. The van der Waals surface area contributed by atoms with E-state index in [1.165, 1.54) is 24.3 Å². The molecule has 0 aromatic heterocycles. The van der Waals surface area contributed by atoms with Crippen molar-refractivity contribution in [1.82, 2.24) is 0 Å². The fourth-order valence-electron chi connectivity index (χ4n) is 1.92. The van der Waals surface area contributed by atoms with Crippen molar-refractivity contribution < 1.29 is 23.9 Å². The third kappa shape index (κ3) is 4.98. The molecule has 2 rings (SSSR count). The van der Waals surface area contributed by atoms with E-state index in [4.69, 9.17) is 14.2 Å². The number of esters is 1. The predicted octanol–water partition coefficient (Wildman–Crippen LogP) is 3.23. The minimum absolute atomic E-state index is 0.0364. The molecule has 0 heterocycles. The summed E-state index contributed by atoms with van der Waals surface area (Å²) in [6, 6.07) is 12.5. The second-order valence-electron chi connectivity index (χ2n) is 4.70. The van der Waals surface area contributed by atoms with Crippen molar-refractivity contribution in [1.29, 1.82) is 0 Å². The summed E-state index contributed by atoms with van der Waals surface area (Å²) in [4.78, 5) is 21.9. The van der Waals surface area contributed by atoms with Gasteiger partial charge in [0.25, 0.3) is 5.69 Å². The van der Waals surface area contributed by atoms with Gasteiger partial charge in [0, 0.05) is 12.1 Å². The van der Waals surface area contributed by atoms with Crippen LogP contribution in [0.5, 0.6) is 11.5 Å². The van der Waals surface area contributed by atoms with E-state index in [2.05, 4.69) is 0 Å². The fourth-order valence-corrected chi connectivity index (χ4v) is 1.92. The van der Waals surface area contributed by atoms with Crippen molar-refractivity contribution >= 4 is 11.7 Å². The van der Waals surface area contributed by atoms with E-state index in [1.807, 2.05) is 6.92 Å². The number of benzene rings is 2. The van der Waals surface area contributed by atoms with Crippen molar-refractivity contribution in [2.45, 2.75) is 6.92 Å². The highest BCUT2D eigenvalue weighted by Gasteiger charge is 2.12. The van der Waals surface area contributed by atoms with Crippen LogP contribution in [0.1, 0.15) is 17.3 Å². The van der Waals surface area contributed by atoms with Crippen molar-refractivity contribution in [3.8, 4) is 11.5 Å². The molecule has 0 N–H and O–H groups in total. The van der Waals surface area contributed by atoms with Gasteiger partial charge in [-0.1, -0.05) is 6.07 Å². The number of ether oxygens (including phenoxy) is 3. The molecule has 24 heavy (non-hydrogen) atoms. The molecular formula is C17H17NO6. The van der Waals surface area contributed by atoms with E-state index in [0.29, 0.717) is 12.4 Å². The van der Waals surface area contributed by atoms with E-state index in [-0.39, 0.29) is 24.5 Å². The number of rotatable bonds is 8. The van der Waals surface area contributed by atoms with Crippen LogP contribution in [-0.4, -0.2) is 30.7 Å². The molecule has 2 aromatic rings. The first-order chi connectivity index (χ1) is 11.6. The maximum atomic E-state index is 11.8. The third-order valence-corrected chi connectivity index (χ3v) is 3.01. The second-order valence-corrected chi connectivity index (χ2v) is 4.70. The van der Waals surface area contributed by atoms with Crippen LogP contribution in [0.3, 0.4) is 0 Å². The van der Waals surface area contributed by atoms with Gasteiger partial charge in [-0.2, -0.15) is 0 Å². The number of carbonyl (C=O) groups excluding carboxylic acids is 1. The SMILES string of the molecule is CCOc1ccc(OCCOC(=O)c2cccc([N+](=O)[O-])c2)cc1. The summed E-state index contributed by atoms with van der Waals surface area (Å²) in [6.45, 7) is 2.71. The summed E-state index contributed by atoms with van der Waals surface area (Å²) in [5, 5.41) is 10.7. The maximum Gasteiger partial charge on any atom is 0.338 e. The minimum Gasteiger partial charge on any atom is -0.494 e. The average molecular weight is 331 g/mol. The molecule has 0 spiro atoms. The molecule has 7 heteroatoms. The molecule has 126 valence electrons. The van der Waals surface area contributed by atoms with Gasteiger partial charge in [0.1, 0.15) is 24.7 Å². The lowest BCUT2D eigenvalue weighted by Gasteiger charge is -2.08. The number of hydrogen-bond donors (Lipinski definition) is 0. The molecule has 0 aliphatic heterocycles. The van der Waals surface area contributed by atoms with Crippen LogP contribution in [0.2, 0.25) is 0 Å². The van der Waals surface area contributed by atoms with Crippen LogP contribution in [-0.2, 0) is 4.74 Å². The van der Waals surface area contributed by atoms with Gasteiger partial charge in [-0.15, -0.1) is 0 Å². The zero-order valence-electron chi connectivity index (χ0n) is 13.1. The lowest BCUT2D eigenvalue weighted by atomic mass is 10.2. The highest BCUT2D eigenvalue weighted by atomic mass is 16.6. The molecule has 0 amide bonds. The van der Waals surface area contributed by atoms with E-state index >= 15 is 0 Å². The normalized spacial score (nSPS) is 10.0. The van der Waals surface area contributed by atoms with Gasteiger partial charge in [0.05, 0.1) is 17.1 Å². The van der Waals surface area contributed by atoms with Crippen LogP contribution < -0.4 is 9.47 Å². The second kappa shape index (κ2) is 8.52. The monoisotopic (exact) mass is 331 g/mol. The standard InChI is InChI=1S/C17H17NO6/c1-2-22-15-6-8-16(9-7-15)23-10-11-24-17(19)13-4-3-5-14(12-13)18(20)21/h3-9,12H,2,10-11H2,1H3. The number of nitro groups is 1. The minimum atomic E-state index is -0.631. The van der Waals surface area contributed by atoms with Gasteiger partial charge in [-0.05, 0) is 37.3 Å². The number of non-ortho nitro benzene ring substituents is 1. The first-order valence-electron chi connectivity index (χ1n) is 7.37. The van der Waals surface area contributed by atoms with Crippen LogP contribution in [0, 0.1) is 10.1 Å². The molecule has 0 aliphatic carbocycles. The largest absolute Gasteiger partial charge is 0.494 e. The Bertz CT molecular complexity index is 698. The molecule has 0 unspecified atom stereocenters. The number of carbonyl (C=O) groups is 1. The van der Waals surface area contributed by atoms with Crippen LogP contribution in [0.4, 0.5) is 5.69 Å². The highest BCUT2D eigenvalue weighted by molar-refractivity contribution is 5.90. The van der Waals surface area contributed by atoms with Gasteiger partial charge >= 0.3 is 5.97 Å². The Morgan fingerprint density at radius 2 is 1.71 bits per heavy atom. The Kier molecular flexibility index (Phi) is 6.13.